The predicted octanol–water partition coefficient (Wildman–Crippen LogP) is 2.64. The number of hydrogen-bond acceptors (Lipinski definition) is 5. The van der Waals surface area contributed by atoms with Crippen LogP contribution >= 0.6 is 0 Å². The quantitative estimate of drug-likeness (QED) is 0.761. The number of aromatic carboxylic acids is 1. The SMILES string of the molecule is N#Cc1c(-c2ccccc2C(=O)O)cc(-c2ccccc2[O-])nc1N. The van der Waals surface area contributed by atoms with Gasteiger partial charge in [-0.2, -0.15) is 5.26 Å². The van der Waals surface area contributed by atoms with Crippen LogP contribution < -0.4 is 10.8 Å². The zero-order chi connectivity index (χ0) is 18.0. The van der Waals surface area contributed by atoms with E-state index in [4.69, 9.17) is 5.73 Å². The Balaban J connectivity index is 2.33. The van der Waals surface area contributed by atoms with E-state index in [2.05, 4.69) is 4.98 Å². The van der Waals surface area contributed by atoms with E-state index in [1.54, 1.807) is 36.4 Å². The highest BCUT2D eigenvalue weighted by molar-refractivity contribution is 5.98. The fourth-order valence-corrected chi connectivity index (χ4v) is 2.62. The van der Waals surface area contributed by atoms with Crippen LogP contribution in [-0.2, 0) is 0 Å². The number of anilines is 1. The molecule has 0 saturated heterocycles. The van der Waals surface area contributed by atoms with Gasteiger partial charge in [0.15, 0.2) is 0 Å². The van der Waals surface area contributed by atoms with E-state index in [1.165, 1.54) is 18.2 Å². The van der Waals surface area contributed by atoms with E-state index >= 15 is 0 Å². The van der Waals surface area contributed by atoms with Gasteiger partial charge in [-0.3, -0.25) is 0 Å². The first-order valence-corrected chi connectivity index (χ1v) is 7.32. The Morgan fingerprint density at radius 1 is 1.08 bits per heavy atom. The highest BCUT2D eigenvalue weighted by Crippen LogP contribution is 2.34. The lowest BCUT2D eigenvalue weighted by molar-refractivity contribution is -0.267. The van der Waals surface area contributed by atoms with E-state index in [-0.39, 0.29) is 28.4 Å². The largest absolute Gasteiger partial charge is 0.872 e. The number of nitrogen functional groups attached to an aromatic ring is 1. The maximum absolute atomic E-state index is 12.1. The van der Waals surface area contributed by atoms with Crippen LogP contribution in [0.15, 0.2) is 54.6 Å². The normalized spacial score (nSPS) is 10.2. The molecule has 0 unspecified atom stereocenters. The fourth-order valence-electron chi connectivity index (χ4n) is 2.62. The molecule has 25 heavy (non-hydrogen) atoms. The van der Waals surface area contributed by atoms with Gasteiger partial charge in [-0.05, 0) is 23.3 Å². The predicted molar refractivity (Wildman–Crippen MR) is 90.6 cm³/mol. The maximum atomic E-state index is 12.1. The Hall–Kier alpha value is -3.85. The minimum Gasteiger partial charge on any atom is -0.872 e. The van der Waals surface area contributed by atoms with Crippen LogP contribution in [0, 0.1) is 11.3 Å². The molecule has 0 bridgehead atoms. The van der Waals surface area contributed by atoms with Crippen LogP contribution in [0.2, 0.25) is 0 Å². The number of rotatable bonds is 3. The van der Waals surface area contributed by atoms with Crippen molar-refractivity contribution in [3.8, 4) is 34.2 Å². The molecule has 0 amide bonds. The Morgan fingerprint density at radius 2 is 1.72 bits per heavy atom. The van der Waals surface area contributed by atoms with E-state index in [1.807, 2.05) is 6.07 Å². The van der Waals surface area contributed by atoms with Gasteiger partial charge in [0, 0.05) is 5.56 Å². The number of benzene rings is 2. The molecule has 0 aliphatic carbocycles. The number of hydrogen-bond donors (Lipinski definition) is 2. The minimum absolute atomic E-state index is 0.0333. The Kier molecular flexibility index (Phi) is 4.06. The topological polar surface area (TPSA) is 123 Å². The molecule has 0 atom stereocenters. The molecule has 0 fully saturated rings. The molecule has 0 saturated carbocycles. The van der Waals surface area contributed by atoms with Crippen LogP contribution in [0.25, 0.3) is 22.4 Å². The van der Waals surface area contributed by atoms with E-state index in [9.17, 15) is 20.3 Å². The maximum Gasteiger partial charge on any atom is 0.336 e. The number of pyridine rings is 1. The summed E-state index contributed by atoms with van der Waals surface area (Å²) in [4.78, 5) is 15.7. The first kappa shape index (κ1) is 16.0. The molecule has 6 nitrogen and oxygen atoms in total. The van der Waals surface area contributed by atoms with Crippen LogP contribution in [0.1, 0.15) is 15.9 Å². The Bertz CT molecular complexity index is 1020. The Labute approximate surface area is 143 Å². The molecule has 1 aromatic heterocycles. The summed E-state index contributed by atoms with van der Waals surface area (Å²) in [5.74, 6) is -1.42. The smallest absolute Gasteiger partial charge is 0.336 e. The van der Waals surface area contributed by atoms with Crippen LogP contribution in [-0.4, -0.2) is 16.1 Å². The van der Waals surface area contributed by atoms with Crippen molar-refractivity contribution in [2.24, 2.45) is 0 Å². The lowest BCUT2D eigenvalue weighted by atomic mass is 9.94. The van der Waals surface area contributed by atoms with Gasteiger partial charge in [0.1, 0.15) is 17.5 Å². The Morgan fingerprint density at radius 3 is 2.36 bits per heavy atom. The summed E-state index contributed by atoms with van der Waals surface area (Å²) in [5.41, 5.74) is 7.28. The lowest BCUT2D eigenvalue weighted by Gasteiger charge is -2.16. The van der Waals surface area contributed by atoms with Crippen molar-refractivity contribution in [2.45, 2.75) is 0 Å². The molecule has 122 valence electrons. The number of carboxylic acid groups (broad SMARTS) is 1. The third-order valence-electron chi connectivity index (χ3n) is 3.77. The highest BCUT2D eigenvalue weighted by atomic mass is 16.4. The summed E-state index contributed by atoms with van der Waals surface area (Å²) in [6, 6.07) is 16.1. The van der Waals surface area contributed by atoms with Gasteiger partial charge >= 0.3 is 5.97 Å². The van der Waals surface area contributed by atoms with Crippen molar-refractivity contribution in [3.63, 3.8) is 0 Å². The third kappa shape index (κ3) is 2.86. The summed E-state index contributed by atoms with van der Waals surface area (Å²) in [5, 5.41) is 30.9. The molecule has 6 heteroatoms. The zero-order valence-electron chi connectivity index (χ0n) is 12.9. The molecular weight excluding hydrogens is 318 g/mol. The van der Waals surface area contributed by atoms with Crippen LogP contribution in [0.5, 0.6) is 5.75 Å². The van der Waals surface area contributed by atoms with E-state index in [0.717, 1.165) is 0 Å². The molecule has 0 radical (unpaired) electrons. The van der Waals surface area contributed by atoms with Crippen molar-refractivity contribution in [3.05, 3.63) is 65.7 Å². The van der Waals surface area contributed by atoms with Gasteiger partial charge in [-0.25, -0.2) is 9.78 Å². The molecule has 1 heterocycles. The molecule has 0 spiro atoms. The van der Waals surface area contributed by atoms with Crippen molar-refractivity contribution < 1.29 is 15.0 Å². The standard InChI is InChI=1S/C19H13N3O3/c20-10-15-14(11-5-1-2-6-12(11)19(24)25)9-16(22-18(15)21)13-7-3-4-8-17(13)23/h1-9,23H,(H2,21,22)(H,24,25)/p-1. The third-order valence-corrected chi connectivity index (χ3v) is 3.77. The number of carbonyl (C=O) groups is 1. The van der Waals surface area contributed by atoms with Gasteiger partial charge in [0.25, 0.3) is 0 Å². The van der Waals surface area contributed by atoms with Crippen molar-refractivity contribution >= 4 is 11.8 Å². The molecular formula is C19H12N3O3-. The minimum atomic E-state index is -1.12. The summed E-state index contributed by atoms with van der Waals surface area (Å²) in [6.45, 7) is 0. The van der Waals surface area contributed by atoms with Gasteiger partial charge in [0.2, 0.25) is 0 Å². The second-order valence-electron chi connectivity index (χ2n) is 5.27. The molecule has 0 aliphatic rings. The molecule has 2 aromatic carbocycles. The molecule has 3 rings (SSSR count). The number of aromatic nitrogens is 1. The number of nitriles is 1. The lowest BCUT2D eigenvalue weighted by Crippen LogP contribution is -2.04. The average molecular weight is 330 g/mol. The fraction of sp³-hybridized carbons (Fsp3) is 0. The second-order valence-corrected chi connectivity index (χ2v) is 5.27. The van der Waals surface area contributed by atoms with Crippen LogP contribution in [0.3, 0.4) is 0 Å². The summed E-state index contributed by atoms with van der Waals surface area (Å²) in [7, 11) is 0. The highest BCUT2D eigenvalue weighted by Gasteiger charge is 2.18. The zero-order valence-corrected chi connectivity index (χ0v) is 12.9. The van der Waals surface area contributed by atoms with E-state index in [0.29, 0.717) is 16.7 Å². The number of carboxylic acids is 1. The molecule has 3 N–H and O–H groups in total. The van der Waals surface area contributed by atoms with Gasteiger partial charge in [0.05, 0.1) is 11.3 Å². The molecule has 0 aliphatic heterocycles. The summed E-state index contributed by atoms with van der Waals surface area (Å²) >= 11 is 0. The van der Waals surface area contributed by atoms with Gasteiger partial charge in [-0.15, -0.1) is 0 Å². The van der Waals surface area contributed by atoms with Crippen molar-refractivity contribution in [1.82, 2.24) is 4.98 Å². The van der Waals surface area contributed by atoms with Crippen molar-refractivity contribution in [1.29, 1.82) is 5.26 Å². The molecule has 3 aromatic rings. The van der Waals surface area contributed by atoms with Gasteiger partial charge in [-0.1, -0.05) is 48.2 Å². The second kappa shape index (κ2) is 6.34. The number of nitrogens with zero attached hydrogens (tertiary/aromatic N) is 2. The van der Waals surface area contributed by atoms with Gasteiger partial charge < -0.3 is 15.9 Å². The van der Waals surface area contributed by atoms with E-state index < -0.39 is 5.97 Å². The number of para-hydroxylation sites is 1. The summed E-state index contributed by atoms with van der Waals surface area (Å²) in [6.07, 6.45) is 0. The first-order chi connectivity index (χ1) is 12.0. The first-order valence-electron chi connectivity index (χ1n) is 7.32. The van der Waals surface area contributed by atoms with Crippen molar-refractivity contribution in [2.75, 3.05) is 5.73 Å². The monoisotopic (exact) mass is 330 g/mol. The number of nitrogens with two attached hydrogens (primary N) is 1. The summed E-state index contributed by atoms with van der Waals surface area (Å²) < 4.78 is 0. The average Bonchev–Trinajstić information content (AvgIpc) is 2.61. The van der Waals surface area contributed by atoms with Crippen LogP contribution in [0.4, 0.5) is 5.82 Å².